The topological polar surface area (TPSA) is 32.5 Å². The normalized spacial score (nSPS) is 18.7. The lowest BCUT2D eigenvalue weighted by molar-refractivity contribution is 0.0272. The Morgan fingerprint density at radius 1 is 1.26 bits per heavy atom. The number of nitrogens with zero attached hydrogens (tertiary/aromatic N) is 2. The van der Waals surface area contributed by atoms with Gasteiger partial charge in [0.2, 0.25) is 0 Å². The zero-order valence-electron chi connectivity index (χ0n) is 13.3. The van der Waals surface area contributed by atoms with Crippen molar-refractivity contribution < 1.29 is 0 Å². The summed E-state index contributed by atoms with van der Waals surface area (Å²) in [6, 6.07) is 0. The van der Waals surface area contributed by atoms with Crippen LogP contribution in [0, 0.1) is 5.41 Å². The van der Waals surface area contributed by atoms with Crippen LogP contribution in [0.4, 0.5) is 0 Å². The minimum absolute atomic E-state index is 0.00806. The molecule has 1 saturated carbocycles. The molecular formula is C15H31N3S. The maximum absolute atomic E-state index is 5.77. The molecule has 19 heavy (non-hydrogen) atoms. The molecule has 0 radical (unpaired) electrons. The highest BCUT2D eigenvalue weighted by molar-refractivity contribution is 7.80. The van der Waals surface area contributed by atoms with E-state index in [0.29, 0.717) is 10.5 Å². The third kappa shape index (κ3) is 4.40. The minimum Gasteiger partial charge on any atom is -0.393 e. The molecule has 0 unspecified atom stereocenters. The van der Waals surface area contributed by atoms with E-state index >= 15 is 0 Å². The highest BCUT2D eigenvalue weighted by Crippen LogP contribution is 2.36. The van der Waals surface area contributed by atoms with Crippen molar-refractivity contribution in [1.29, 1.82) is 0 Å². The SMILES string of the molecule is CN(CCCC(C)(C)C(N)=S)CC1(N(C)C)CCC1. The highest BCUT2D eigenvalue weighted by atomic mass is 32.1. The number of rotatable bonds is 8. The van der Waals surface area contributed by atoms with Crippen LogP contribution < -0.4 is 5.73 Å². The Hall–Kier alpha value is -0.190. The van der Waals surface area contributed by atoms with Gasteiger partial charge in [0.25, 0.3) is 0 Å². The molecule has 0 amide bonds. The van der Waals surface area contributed by atoms with E-state index in [0.717, 1.165) is 19.4 Å². The Morgan fingerprint density at radius 3 is 2.21 bits per heavy atom. The standard InChI is InChI=1S/C15H31N3S/c1-14(2,13(16)19)8-7-11-18(5)12-15(17(3)4)9-6-10-15/h6-12H2,1-5H3,(H2,16,19). The average Bonchev–Trinajstić information content (AvgIpc) is 2.22. The van der Waals surface area contributed by atoms with Crippen molar-refractivity contribution in [1.82, 2.24) is 9.80 Å². The Balaban J connectivity index is 2.32. The van der Waals surface area contributed by atoms with E-state index in [-0.39, 0.29) is 5.41 Å². The van der Waals surface area contributed by atoms with E-state index in [1.807, 2.05) is 0 Å². The van der Waals surface area contributed by atoms with Crippen molar-refractivity contribution >= 4 is 17.2 Å². The van der Waals surface area contributed by atoms with Gasteiger partial charge in [-0.3, -0.25) is 0 Å². The molecule has 0 heterocycles. The summed E-state index contributed by atoms with van der Waals surface area (Å²) >= 11 is 5.12. The second kappa shape index (κ2) is 6.51. The molecule has 1 aliphatic rings. The van der Waals surface area contributed by atoms with Crippen molar-refractivity contribution in [2.24, 2.45) is 11.1 Å². The van der Waals surface area contributed by atoms with Crippen LogP contribution in [0.2, 0.25) is 0 Å². The molecule has 0 spiro atoms. The molecule has 0 aromatic rings. The van der Waals surface area contributed by atoms with Crippen molar-refractivity contribution in [3.63, 3.8) is 0 Å². The first-order valence-corrected chi connectivity index (χ1v) is 7.76. The summed E-state index contributed by atoms with van der Waals surface area (Å²) in [6.45, 7) is 6.58. The van der Waals surface area contributed by atoms with Gasteiger partial charge in [0.05, 0.1) is 4.99 Å². The van der Waals surface area contributed by atoms with Gasteiger partial charge in [-0.1, -0.05) is 26.1 Å². The fourth-order valence-corrected chi connectivity index (χ4v) is 2.93. The van der Waals surface area contributed by atoms with E-state index < -0.39 is 0 Å². The average molecular weight is 286 g/mol. The quantitative estimate of drug-likeness (QED) is 0.695. The highest BCUT2D eigenvalue weighted by Gasteiger charge is 2.39. The van der Waals surface area contributed by atoms with Crippen LogP contribution in [0.25, 0.3) is 0 Å². The monoisotopic (exact) mass is 285 g/mol. The van der Waals surface area contributed by atoms with Crippen LogP contribution in [-0.4, -0.2) is 54.6 Å². The van der Waals surface area contributed by atoms with Crippen LogP contribution in [0.15, 0.2) is 0 Å². The number of hydrogen-bond donors (Lipinski definition) is 1. The molecule has 1 rings (SSSR count). The number of likely N-dealkylation sites (N-methyl/N-ethyl adjacent to an activating group) is 2. The van der Waals surface area contributed by atoms with Crippen LogP contribution in [0.3, 0.4) is 0 Å². The van der Waals surface area contributed by atoms with E-state index in [2.05, 4.69) is 44.8 Å². The van der Waals surface area contributed by atoms with Crippen LogP contribution in [0.1, 0.15) is 46.0 Å². The maximum atomic E-state index is 5.77. The van der Waals surface area contributed by atoms with Gasteiger partial charge >= 0.3 is 0 Å². The Bertz CT molecular complexity index is 309. The molecule has 1 fully saturated rings. The lowest BCUT2D eigenvalue weighted by atomic mass is 9.75. The van der Waals surface area contributed by atoms with Crippen LogP contribution in [0.5, 0.6) is 0 Å². The zero-order valence-corrected chi connectivity index (χ0v) is 14.1. The molecule has 0 aromatic heterocycles. The van der Waals surface area contributed by atoms with E-state index in [1.54, 1.807) is 0 Å². The lowest BCUT2D eigenvalue weighted by Crippen LogP contribution is -2.56. The minimum atomic E-state index is -0.00806. The first-order chi connectivity index (χ1) is 8.69. The van der Waals surface area contributed by atoms with Crippen molar-refractivity contribution in [2.45, 2.75) is 51.5 Å². The van der Waals surface area contributed by atoms with E-state index in [4.69, 9.17) is 18.0 Å². The predicted octanol–water partition coefficient (Wildman–Crippen LogP) is 2.50. The maximum Gasteiger partial charge on any atom is 0.0784 e. The molecule has 2 N–H and O–H groups in total. The first kappa shape index (κ1) is 16.9. The molecule has 4 heteroatoms. The fraction of sp³-hybridized carbons (Fsp3) is 0.933. The summed E-state index contributed by atoms with van der Waals surface area (Å²) in [7, 11) is 6.66. The van der Waals surface area contributed by atoms with Gasteiger partial charge in [0.1, 0.15) is 0 Å². The van der Waals surface area contributed by atoms with Crippen molar-refractivity contribution in [3.8, 4) is 0 Å². The Morgan fingerprint density at radius 2 is 1.84 bits per heavy atom. The smallest absolute Gasteiger partial charge is 0.0784 e. The molecule has 0 saturated heterocycles. The summed E-state index contributed by atoms with van der Waals surface area (Å²) in [4.78, 5) is 5.51. The summed E-state index contributed by atoms with van der Waals surface area (Å²) in [5.74, 6) is 0. The zero-order chi connectivity index (χ0) is 14.7. The fourth-order valence-electron chi connectivity index (χ4n) is 2.83. The molecular weight excluding hydrogens is 254 g/mol. The van der Waals surface area contributed by atoms with Crippen LogP contribution in [-0.2, 0) is 0 Å². The van der Waals surface area contributed by atoms with Gasteiger partial charge in [-0.2, -0.15) is 0 Å². The van der Waals surface area contributed by atoms with Crippen LogP contribution >= 0.6 is 12.2 Å². The van der Waals surface area contributed by atoms with Gasteiger partial charge in [0, 0.05) is 17.5 Å². The van der Waals surface area contributed by atoms with Gasteiger partial charge in [0.15, 0.2) is 0 Å². The number of hydrogen-bond acceptors (Lipinski definition) is 3. The van der Waals surface area contributed by atoms with Gasteiger partial charge in [-0.25, -0.2) is 0 Å². The molecule has 3 nitrogen and oxygen atoms in total. The molecule has 1 aliphatic carbocycles. The number of thiocarbonyl (C=S) groups is 1. The van der Waals surface area contributed by atoms with Gasteiger partial charge < -0.3 is 15.5 Å². The van der Waals surface area contributed by atoms with Gasteiger partial charge in [-0.05, 0) is 59.8 Å². The lowest BCUT2D eigenvalue weighted by Gasteiger charge is -2.49. The predicted molar refractivity (Wildman–Crippen MR) is 87.6 cm³/mol. The third-order valence-electron chi connectivity index (χ3n) is 4.81. The second-order valence-electron chi connectivity index (χ2n) is 7.06. The van der Waals surface area contributed by atoms with Crippen molar-refractivity contribution in [3.05, 3.63) is 0 Å². The molecule has 112 valence electrons. The summed E-state index contributed by atoms with van der Waals surface area (Å²) in [5.41, 5.74) is 6.19. The number of nitrogens with two attached hydrogens (primary N) is 1. The Kier molecular flexibility index (Phi) is 5.78. The molecule has 0 bridgehead atoms. The molecule has 0 atom stereocenters. The second-order valence-corrected chi connectivity index (χ2v) is 7.50. The summed E-state index contributed by atoms with van der Waals surface area (Å²) in [6.07, 6.45) is 6.28. The largest absolute Gasteiger partial charge is 0.393 e. The first-order valence-electron chi connectivity index (χ1n) is 7.35. The van der Waals surface area contributed by atoms with E-state index in [9.17, 15) is 0 Å². The molecule has 0 aromatic carbocycles. The summed E-state index contributed by atoms with van der Waals surface area (Å²) in [5, 5.41) is 0. The third-order valence-corrected chi connectivity index (χ3v) is 5.36. The molecule has 0 aliphatic heterocycles. The Labute approximate surface area is 124 Å². The van der Waals surface area contributed by atoms with Gasteiger partial charge in [-0.15, -0.1) is 0 Å². The summed E-state index contributed by atoms with van der Waals surface area (Å²) < 4.78 is 0. The van der Waals surface area contributed by atoms with E-state index in [1.165, 1.54) is 25.8 Å². The van der Waals surface area contributed by atoms with Crippen molar-refractivity contribution in [2.75, 3.05) is 34.2 Å².